The molecule has 14 nitrogen and oxygen atoms in total. The van der Waals surface area contributed by atoms with Crippen molar-refractivity contribution in [1.82, 2.24) is 35.7 Å². The molecule has 0 radical (unpaired) electrons. The Morgan fingerprint density at radius 2 is 1.98 bits per heavy atom. The van der Waals surface area contributed by atoms with E-state index < -0.39 is 53.1 Å². The zero-order valence-corrected chi connectivity index (χ0v) is 26.2. The highest BCUT2D eigenvalue weighted by Crippen LogP contribution is 2.45. The summed E-state index contributed by atoms with van der Waals surface area (Å²) < 4.78 is 5.43. The fourth-order valence-corrected chi connectivity index (χ4v) is 6.02. The van der Waals surface area contributed by atoms with Crippen LogP contribution in [0.15, 0.2) is 30.4 Å². The van der Waals surface area contributed by atoms with Crippen LogP contribution >= 0.6 is 11.6 Å². The van der Waals surface area contributed by atoms with Gasteiger partial charge in [0.1, 0.15) is 29.0 Å². The number of alkyl carbamates (subject to hydrolysis) is 1. The number of carboxylic acids is 1. The Bertz CT molecular complexity index is 1510. The van der Waals surface area contributed by atoms with Crippen LogP contribution in [-0.4, -0.2) is 89.0 Å². The van der Waals surface area contributed by atoms with Gasteiger partial charge >= 0.3 is 12.1 Å². The number of benzene rings is 1. The smallest absolute Gasteiger partial charge is 0.408 e. The molecule has 0 bridgehead atoms. The van der Waals surface area contributed by atoms with Gasteiger partial charge < -0.3 is 30.5 Å². The third kappa shape index (κ3) is 7.21. The van der Waals surface area contributed by atoms with E-state index in [1.54, 1.807) is 26.8 Å². The highest BCUT2D eigenvalue weighted by atomic mass is 35.5. The van der Waals surface area contributed by atoms with Gasteiger partial charge in [-0.25, -0.2) is 9.59 Å². The zero-order valence-electron chi connectivity index (χ0n) is 25.4. The van der Waals surface area contributed by atoms with E-state index in [0.717, 1.165) is 19.3 Å². The first-order chi connectivity index (χ1) is 21.3. The predicted molar refractivity (Wildman–Crippen MR) is 161 cm³/mol. The van der Waals surface area contributed by atoms with Crippen LogP contribution in [0.4, 0.5) is 4.79 Å². The number of carbonyl (C=O) groups is 4. The van der Waals surface area contributed by atoms with Crippen LogP contribution in [0.5, 0.6) is 5.75 Å². The lowest BCUT2D eigenvalue weighted by atomic mass is 10.0. The summed E-state index contributed by atoms with van der Waals surface area (Å²) in [5, 5.41) is 38.1. The number of allylic oxidation sites excluding steroid dienone is 1. The van der Waals surface area contributed by atoms with Crippen molar-refractivity contribution in [3.05, 3.63) is 35.4 Å². The number of nitrogens with one attached hydrogen (secondary N) is 2. The Balaban J connectivity index is 1.45. The molecule has 1 aromatic carbocycles. The Morgan fingerprint density at radius 1 is 1.20 bits per heavy atom. The van der Waals surface area contributed by atoms with Crippen molar-refractivity contribution < 1.29 is 34.1 Å². The molecule has 3 aliphatic rings. The second kappa shape index (κ2) is 12.7. The fraction of sp³-hybridized carbons (Fsp3) is 0.567. The maximum atomic E-state index is 14.1. The van der Waals surface area contributed by atoms with Gasteiger partial charge in [-0.15, -0.1) is 10.2 Å². The van der Waals surface area contributed by atoms with Gasteiger partial charge in [-0.05, 0) is 69.9 Å². The molecule has 5 rings (SSSR count). The lowest BCUT2D eigenvalue weighted by Gasteiger charge is -2.30. The molecule has 3 amide bonds. The molecule has 2 aromatic rings. The Kier molecular flexibility index (Phi) is 9.06. The molecular weight excluding hydrogens is 606 g/mol. The van der Waals surface area contributed by atoms with Gasteiger partial charge in [-0.2, -0.15) is 4.80 Å². The highest BCUT2D eigenvalue weighted by molar-refractivity contribution is 6.32. The molecule has 1 aliphatic carbocycles. The van der Waals surface area contributed by atoms with Gasteiger partial charge in [-0.1, -0.05) is 36.6 Å². The largest absolute Gasteiger partial charge is 0.506 e. The lowest BCUT2D eigenvalue weighted by molar-refractivity contribution is -0.145. The maximum Gasteiger partial charge on any atom is 0.408 e. The molecule has 5 atom stereocenters. The topological polar surface area (TPSA) is 189 Å². The molecule has 1 saturated carbocycles. The van der Waals surface area contributed by atoms with Crippen LogP contribution in [-0.2, 0) is 19.1 Å². The van der Waals surface area contributed by atoms with E-state index in [1.807, 2.05) is 12.2 Å². The first-order valence-corrected chi connectivity index (χ1v) is 15.5. The number of tetrazole rings is 1. The second-order valence-electron chi connectivity index (χ2n) is 12.8. The normalized spacial score (nSPS) is 27.4. The van der Waals surface area contributed by atoms with E-state index in [0.29, 0.717) is 18.4 Å². The minimum Gasteiger partial charge on any atom is -0.506 e. The van der Waals surface area contributed by atoms with E-state index in [4.69, 9.17) is 16.3 Å². The Morgan fingerprint density at radius 3 is 2.69 bits per heavy atom. The number of fused-ring (bicyclic) bond motifs is 2. The van der Waals surface area contributed by atoms with Crippen molar-refractivity contribution >= 4 is 35.5 Å². The molecule has 3 heterocycles. The molecule has 0 spiro atoms. The Hall–Kier alpha value is -4.20. The number of rotatable bonds is 4. The van der Waals surface area contributed by atoms with Crippen molar-refractivity contribution in [2.75, 3.05) is 6.54 Å². The molecule has 45 heavy (non-hydrogen) atoms. The monoisotopic (exact) mass is 643 g/mol. The number of carbonyl (C=O) groups excluding carboxylic acids is 3. The van der Waals surface area contributed by atoms with Gasteiger partial charge in [0.25, 0.3) is 0 Å². The number of aromatic nitrogens is 4. The number of nitrogens with zero attached hydrogens (tertiary/aromatic N) is 5. The molecule has 15 heteroatoms. The minimum atomic E-state index is -1.45. The number of aromatic hydroxyl groups is 1. The summed E-state index contributed by atoms with van der Waals surface area (Å²) in [4.78, 5) is 55.7. The van der Waals surface area contributed by atoms with Crippen LogP contribution in [0, 0.1) is 5.92 Å². The number of amides is 3. The van der Waals surface area contributed by atoms with Crippen molar-refractivity contribution in [3.63, 3.8) is 0 Å². The molecule has 1 aromatic heterocycles. The SMILES string of the molecule is CC(C)(C)OC(=O)N[C@@H]1CCCCCC=C[C@@H]2C[C@]2(C(=O)O)NC(=O)[C@@H]2C[C@H](n3nnc(-c4ccc(O)c(Cl)c4)n3)CN2C1=O. The number of phenols is 1. The molecule has 0 unspecified atom stereocenters. The quantitative estimate of drug-likeness (QED) is 0.360. The number of ether oxygens (including phenoxy) is 1. The van der Waals surface area contributed by atoms with Crippen molar-refractivity contribution in [3.8, 4) is 17.1 Å². The zero-order chi connectivity index (χ0) is 32.5. The summed E-state index contributed by atoms with van der Waals surface area (Å²) in [5.74, 6) is -2.47. The van der Waals surface area contributed by atoms with E-state index >= 15 is 0 Å². The molecule has 2 aliphatic heterocycles. The number of carboxylic acid groups (broad SMARTS) is 1. The molecule has 242 valence electrons. The van der Waals surface area contributed by atoms with Crippen LogP contribution in [0.1, 0.15) is 71.8 Å². The van der Waals surface area contributed by atoms with Crippen molar-refractivity contribution in [2.24, 2.45) is 5.92 Å². The number of hydrogen-bond donors (Lipinski definition) is 4. The van der Waals surface area contributed by atoms with Crippen molar-refractivity contribution in [1.29, 1.82) is 0 Å². The van der Waals surface area contributed by atoms with Crippen LogP contribution in [0.3, 0.4) is 0 Å². The third-order valence-electron chi connectivity index (χ3n) is 8.29. The summed E-state index contributed by atoms with van der Waals surface area (Å²) in [7, 11) is 0. The highest BCUT2D eigenvalue weighted by Gasteiger charge is 2.61. The van der Waals surface area contributed by atoms with Gasteiger partial charge in [0, 0.05) is 24.4 Å². The van der Waals surface area contributed by atoms with Crippen LogP contribution in [0.2, 0.25) is 5.02 Å². The molecule has 2 fully saturated rings. The first-order valence-electron chi connectivity index (χ1n) is 15.1. The number of phenolic OH excluding ortho intramolecular Hbond substituents is 1. The van der Waals surface area contributed by atoms with Gasteiger partial charge in [0.15, 0.2) is 0 Å². The van der Waals surface area contributed by atoms with Crippen LogP contribution < -0.4 is 10.6 Å². The molecular formula is C30H38ClN7O7. The average molecular weight is 644 g/mol. The van der Waals surface area contributed by atoms with Crippen molar-refractivity contribution in [2.45, 2.75) is 95.0 Å². The second-order valence-corrected chi connectivity index (χ2v) is 13.2. The standard InChI is InChI=1S/C30H38ClN7O7/c1-29(2,3)45-28(44)32-21-10-8-6-4-5-7-9-18-15-30(18,27(42)43)33-25(40)22-14-19(16-37(22)26(21)41)38-35-24(34-36-38)17-11-12-23(39)20(31)13-17/h7,9,11-13,18-19,21-22,39H,4-6,8,10,14-16H2,1-3H3,(H,32,44)(H,33,40)(H,42,43)/t18-,19+,21-,22+,30+/m1/s1. The Labute approximate surface area is 265 Å². The molecule has 4 N–H and O–H groups in total. The number of halogens is 1. The van der Waals surface area contributed by atoms with E-state index in [-0.39, 0.29) is 41.9 Å². The van der Waals surface area contributed by atoms with Crippen LogP contribution in [0.25, 0.3) is 11.4 Å². The predicted octanol–water partition coefficient (Wildman–Crippen LogP) is 3.21. The summed E-state index contributed by atoms with van der Waals surface area (Å²) >= 11 is 6.05. The lowest BCUT2D eigenvalue weighted by Crippen LogP contribution is -2.56. The van der Waals surface area contributed by atoms with Gasteiger partial charge in [0.05, 0.1) is 11.1 Å². The number of hydrogen-bond acceptors (Lipinski definition) is 9. The summed E-state index contributed by atoms with van der Waals surface area (Å²) in [6, 6.07) is 1.85. The average Bonchev–Trinajstić information content (AvgIpc) is 3.28. The summed E-state index contributed by atoms with van der Waals surface area (Å²) in [6.07, 6.45) is 6.68. The first kappa shape index (κ1) is 32.2. The molecule has 1 saturated heterocycles. The third-order valence-corrected chi connectivity index (χ3v) is 8.59. The van der Waals surface area contributed by atoms with Gasteiger partial charge in [-0.3, -0.25) is 9.59 Å². The van der Waals surface area contributed by atoms with Gasteiger partial charge in [0.2, 0.25) is 17.6 Å². The van der Waals surface area contributed by atoms with E-state index in [2.05, 4.69) is 26.0 Å². The maximum absolute atomic E-state index is 14.1. The summed E-state index contributed by atoms with van der Waals surface area (Å²) in [6.45, 7) is 5.18. The summed E-state index contributed by atoms with van der Waals surface area (Å²) in [5.41, 5.74) is -1.74. The number of aliphatic carboxylic acids is 1. The van der Waals surface area contributed by atoms with E-state index in [9.17, 15) is 29.4 Å². The fourth-order valence-electron chi connectivity index (χ4n) is 5.84. The van der Waals surface area contributed by atoms with E-state index in [1.165, 1.54) is 21.8 Å². The minimum absolute atomic E-state index is 0.0129.